The quantitative estimate of drug-likeness (QED) is 0.757. The highest BCUT2D eigenvalue weighted by Gasteiger charge is 2.52. The maximum absolute atomic E-state index is 14.3. The van der Waals surface area contributed by atoms with Gasteiger partial charge in [-0.15, -0.1) is 0 Å². The predicted molar refractivity (Wildman–Crippen MR) is 97.9 cm³/mol. The second-order valence-corrected chi connectivity index (χ2v) is 7.57. The molecule has 0 aromatic heterocycles. The smallest absolute Gasteiger partial charge is 0.487 e. The fourth-order valence-corrected chi connectivity index (χ4v) is 2.75. The van der Waals surface area contributed by atoms with Crippen LogP contribution in [0.1, 0.15) is 33.3 Å². The summed E-state index contributed by atoms with van der Waals surface area (Å²) in [6, 6.07) is 12.0. The molecule has 0 saturated carbocycles. The molecule has 25 heavy (non-hydrogen) atoms. The van der Waals surface area contributed by atoms with Gasteiger partial charge in [-0.25, -0.2) is 4.39 Å². The lowest BCUT2D eigenvalue weighted by Gasteiger charge is -2.32. The third-order valence-corrected chi connectivity index (χ3v) is 5.11. The summed E-state index contributed by atoms with van der Waals surface area (Å²) in [5, 5.41) is 0.538. The minimum Gasteiger partial charge on any atom is -0.487 e. The third kappa shape index (κ3) is 3.69. The van der Waals surface area contributed by atoms with E-state index >= 15 is 0 Å². The summed E-state index contributed by atoms with van der Waals surface area (Å²) >= 11 is 6.09. The molecule has 0 atom stereocenters. The molecule has 3 rings (SSSR count). The molecule has 0 unspecified atom stereocenters. The molecule has 1 aliphatic heterocycles. The van der Waals surface area contributed by atoms with Crippen molar-refractivity contribution in [1.82, 2.24) is 0 Å². The third-order valence-electron chi connectivity index (χ3n) is 4.80. The molecule has 1 heterocycles. The van der Waals surface area contributed by atoms with Crippen LogP contribution in [0.2, 0.25) is 5.02 Å². The normalized spacial score (nSPS) is 18.4. The van der Waals surface area contributed by atoms with E-state index in [2.05, 4.69) is 0 Å². The summed E-state index contributed by atoms with van der Waals surface area (Å²) in [7, 11) is -0.745. The van der Waals surface area contributed by atoms with E-state index < -0.39 is 18.3 Å². The van der Waals surface area contributed by atoms with Gasteiger partial charge in [-0.2, -0.15) is 0 Å². The maximum atomic E-state index is 14.3. The Balaban J connectivity index is 1.79. The zero-order valence-electron chi connectivity index (χ0n) is 14.8. The van der Waals surface area contributed by atoms with E-state index in [0.717, 1.165) is 5.56 Å². The van der Waals surface area contributed by atoms with Crippen molar-refractivity contribution in [1.29, 1.82) is 0 Å². The fraction of sp³-hybridized carbons (Fsp3) is 0.368. The molecule has 1 aliphatic rings. The highest BCUT2D eigenvalue weighted by atomic mass is 35.5. The predicted octanol–water partition coefficient (Wildman–Crippen LogP) is 4.36. The molecule has 0 spiro atoms. The highest BCUT2D eigenvalue weighted by Crippen LogP contribution is 2.36. The summed E-state index contributed by atoms with van der Waals surface area (Å²) in [6.07, 6.45) is 0. The van der Waals surface area contributed by atoms with Gasteiger partial charge in [0.1, 0.15) is 18.2 Å². The van der Waals surface area contributed by atoms with Crippen molar-refractivity contribution in [2.45, 2.75) is 45.5 Å². The number of ether oxygens (including phenoxy) is 1. The second kappa shape index (κ2) is 6.63. The number of benzene rings is 2. The number of rotatable bonds is 4. The molecule has 0 radical (unpaired) electrons. The first-order valence-corrected chi connectivity index (χ1v) is 8.59. The Morgan fingerprint density at radius 3 is 2.32 bits per heavy atom. The highest BCUT2D eigenvalue weighted by molar-refractivity contribution is 6.62. The summed E-state index contributed by atoms with van der Waals surface area (Å²) < 4.78 is 31.9. The van der Waals surface area contributed by atoms with Crippen LogP contribution in [0.4, 0.5) is 4.39 Å². The van der Waals surface area contributed by atoms with Gasteiger partial charge in [0, 0.05) is 5.46 Å². The first-order valence-electron chi connectivity index (χ1n) is 8.21. The largest absolute Gasteiger partial charge is 0.497 e. The summed E-state index contributed by atoms with van der Waals surface area (Å²) in [5.41, 5.74) is 0.146. The lowest BCUT2D eigenvalue weighted by Crippen LogP contribution is -2.41. The van der Waals surface area contributed by atoms with Gasteiger partial charge in [0.05, 0.1) is 16.2 Å². The Morgan fingerprint density at radius 1 is 1.04 bits per heavy atom. The van der Waals surface area contributed by atoms with Gasteiger partial charge >= 0.3 is 7.12 Å². The first kappa shape index (κ1) is 18.2. The Labute approximate surface area is 153 Å². The summed E-state index contributed by atoms with van der Waals surface area (Å²) in [5.74, 6) is 0.227. The Morgan fingerprint density at radius 2 is 1.68 bits per heavy atom. The molecule has 3 nitrogen and oxygen atoms in total. The van der Waals surface area contributed by atoms with Crippen LogP contribution in [0.5, 0.6) is 5.75 Å². The van der Waals surface area contributed by atoms with Gasteiger partial charge < -0.3 is 14.0 Å². The molecule has 0 amide bonds. The van der Waals surface area contributed by atoms with Gasteiger partial charge in [-0.3, -0.25) is 0 Å². The summed E-state index contributed by atoms with van der Waals surface area (Å²) in [4.78, 5) is 0. The average molecular weight is 363 g/mol. The van der Waals surface area contributed by atoms with E-state index in [9.17, 15) is 4.39 Å². The van der Waals surface area contributed by atoms with Crippen molar-refractivity contribution in [2.75, 3.05) is 0 Å². The molecule has 0 bridgehead atoms. The monoisotopic (exact) mass is 362 g/mol. The van der Waals surface area contributed by atoms with Gasteiger partial charge in [0.25, 0.3) is 0 Å². The molecule has 0 aliphatic carbocycles. The topological polar surface area (TPSA) is 27.7 Å². The fourth-order valence-electron chi connectivity index (χ4n) is 2.56. The Bertz CT molecular complexity index is 763. The lowest BCUT2D eigenvalue weighted by molar-refractivity contribution is 0.00578. The Kier molecular flexibility index (Phi) is 4.84. The summed E-state index contributed by atoms with van der Waals surface area (Å²) in [6.45, 7) is 8.03. The van der Waals surface area contributed by atoms with Crippen LogP contribution < -0.4 is 10.2 Å². The van der Waals surface area contributed by atoms with Gasteiger partial charge in [-0.1, -0.05) is 35.9 Å². The van der Waals surface area contributed by atoms with Crippen molar-refractivity contribution in [3.63, 3.8) is 0 Å². The van der Waals surface area contributed by atoms with E-state index in [1.54, 1.807) is 24.3 Å². The van der Waals surface area contributed by atoms with Crippen LogP contribution in [0, 0.1) is 5.82 Å². The van der Waals surface area contributed by atoms with Crippen LogP contribution in [0.15, 0.2) is 42.5 Å². The van der Waals surface area contributed by atoms with Gasteiger partial charge in [0.15, 0.2) is 0 Å². The van der Waals surface area contributed by atoms with E-state index in [4.69, 9.17) is 25.6 Å². The zero-order valence-corrected chi connectivity index (χ0v) is 15.6. The maximum Gasteiger partial charge on any atom is 0.497 e. The molecular weight excluding hydrogens is 341 g/mol. The number of halogens is 2. The van der Waals surface area contributed by atoms with Crippen molar-refractivity contribution in [3.05, 3.63) is 58.9 Å². The van der Waals surface area contributed by atoms with Gasteiger partial charge in [0.2, 0.25) is 0 Å². The van der Waals surface area contributed by atoms with Crippen LogP contribution in [-0.4, -0.2) is 18.3 Å². The molecule has 2 aromatic carbocycles. The lowest BCUT2D eigenvalue weighted by atomic mass is 9.78. The van der Waals surface area contributed by atoms with E-state index in [-0.39, 0.29) is 12.4 Å². The van der Waals surface area contributed by atoms with Crippen molar-refractivity contribution < 1.29 is 18.4 Å². The molecule has 1 saturated heterocycles. The molecule has 0 N–H and O–H groups in total. The minimum absolute atomic E-state index is 0.274. The zero-order chi connectivity index (χ0) is 18.2. The van der Waals surface area contributed by atoms with Crippen molar-refractivity contribution in [2.24, 2.45) is 0 Å². The van der Waals surface area contributed by atoms with Crippen LogP contribution >= 0.6 is 11.6 Å². The number of para-hydroxylation sites is 1. The van der Waals surface area contributed by atoms with E-state index in [1.165, 1.54) is 6.07 Å². The SMILES string of the molecule is CC1(C)OB(c2cc(COc3ccccc3Cl)ccc2F)OC1(C)C. The number of hydrogen-bond acceptors (Lipinski definition) is 3. The second-order valence-electron chi connectivity index (χ2n) is 7.16. The Hall–Kier alpha value is -1.56. The van der Waals surface area contributed by atoms with Gasteiger partial charge in [-0.05, 0) is 51.5 Å². The molecule has 2 aromatic rings. The molecular formula is C19H21BClFO3. The first-order chi connectivity index (χ1) is 11.7. The van der Waals surface area contributed by atoms with E-state index in [0.29, 0.717) is 16.2 Å². The molecule has 1 fully saturated rings. The average Bonchev–Trinajstić information content (AvgIpc) is 2.76. The van der Waals surface area contributed by atoms with Crippen molar-refractivity contribution in [3.8, 4) is 5.75 Å². The minimum atomic E-state index is -0.745. The standard InChI is InChI=1S/C19H21BClFO3/c1-18(2)19(3,4)25-20(24-18)14-11-13(9-10-16(14)22)12-23-17-8-6-5-7-15(17)21/h5-11H,12H2,1-4H3. The number of hydrogen-bond donors (Lipinski definition) is 0. The van der Waals surface area contributed by atoms with Crippen LogP contribution in [0.25, 0.3) is 0 Å². The molecule has 132 valence electrons. The van der Waals surface area contributed by atoms with Crippen LogP contribution in [-0.2, 0) is 15.9 Å². The van der Waals surface area contributed by atoms with Crippen LogP contribution in [0.3, 0.4) is 0 Å². The van der Waals surface area contributed by atoms with Crippen molar-refractivity contribution >= 4 is 24.2 Å². The van der Waals surface area contributed by atoms with E-state index in [1.807, 2.05) is 39.8 Å². The molecule has 6 heteroatoms.